The quantitative estimate of drug-likeness (QED) is 0.271. The van der Waals surface area contributed by atoms with Gasteiger partial charge in [0.15, 0.2) is 17.5 Å². The number of aliphatic imine (C=N–C) groups is 1. The van der Waals surface area contributed by atoms with Gasteiger partial charge in [0.2, 0.25) is 0 Å². The monoisotopic (exact) mass is 365 g/mol. The van der Waals surface area contributed by atoms with Crippen molar-refractivity contribution < 1.29 is 19.0 Å². The van der Waals surface area contributed by atoms with Crippen molar-refractivity contribution in [2.75, 3.05) is 39.7 Å². The lowest BCUT2D eigenvalue weighted by atomic mass is 10.1. The van der Waals surface area contributed by atoms with E-state index >= 15 is 0 Å². The van der Waals surface area contributed by atoms with Crippen molar-refractivity contribution in [2.24, 2.45) is 4.99 Å². The molecule has 0 radical (unpaired) electrons. The minimum atomic E-state index is -0.106. The number of nitrogens with zero attached hydrogens (tertiary/aromatic N) is 1. The summed E-state index contributed by atoms with van der Waals surface area (Å²) in [7, 11) is 4.95. The Hall–Kier alpha value is -2.44. The number of rotatable bonds is 11. The molecule has 0 aliphatic heterocycles. The Labute approximate surface area is 156 Å². The molecule has 0 bridgehead atoms. The average molecular weight is 365 g/mol. The predicted molar refractivity (Wildman–Crippen MR) is 104 cm³/mol. The van der Waals surface area contributed by atoms with Crippen LogP contribution in [0.25, 0.3) is 0 Å². The second-order valence-electron chi connectivity index (χ2n) is 5.66. The first-order valence-electron chi connectivity index (χ1n) is 8.99. The van der Waals surface area contributed by atoms with Gasteiger partial charge in [0.1, 0.15) is 0 Å². The van der Waals surface area contributed by atoms with Crippen LogP contribution in [-0.4, -0.2) is 46.3 Å². The van der Waals surface area contributed by atoms with E-state index in [0.717, 1.165) is 37.9 Å². The van der Waals surface area contributed by atoms with Crippen molar-refractivity contribution in [3.05, 3.63) is 18.2 Å². The maximum absolute atomic E-state index is 11.2. The second-order valence-corrected chi connectivity index (χ2v) is 5.66. The van der Waals surface area contributed by atoms with Gasteiger partial charge in [-0.15, -0.1) is 0 Å². The number of nitrogens with one attached hydrogen (secondary N) is 2. The average Bonchev–Trinajstić information content (AvgIpc) is 2.66. The Morgan fingerprint density at radius 2 is 1.81 bits per heavy atom. The SMILES string of the molecule is CCOC(=O)CCCCCCNC(=NC)Nc1ccc(OC)c(OC)c1. The second kappa shape index (κ2) is 12.9. The number of anilines is 1. The van der Waals surface area contributed by atoms with Crippen molar-refractivity contribution in [2.45, 2.75) is 39.0 Å². The number of hydrogen-bond donors (Lipinski definition) is 2. The van der Waals surface area contributed by atoms with Gasteiger partial charge in [0.25, 0.3) is 0 Å². The summed E-state index contributed by atoms with van der Waals surface area (Å²) < 4.78 is 15.4. The molecule has 0 fully saturated rings. The van der Waals surface area contributed by atoms with E-state index in [4.69, 9.17) is 14.2 Å². The Balaban J connectivity index is 2.28. The molecule has 0 unspecified atom stereocenters. The number of ether oxygens (including phenoxy) is 3. The van der Waals surface area contributed by atoms with Gasteiger partial charge in [0, 0.05) is 31.8 Å². The first-order chi connectivity index (χ1) is 12.6. The van der Waals surface area contributed by atoms with Gasteiger partial charge < -0.3 is 24.8 Å². The Morgan fingerprint density at radius 3 is 2.46 bits per heavy atom. The highest BCUT2D eigenvalue weighted by Crippen LogP contribution is 2.29. The summed E-state index contributed by atoms with van der Waals surface area (Å²) in [5, 5.41) is 6.51. The topological polar surface area (TPSA) is 81.2 Å². The number of hydrogen-bond acceptors (Lipinski definition) is 5. The summed E-state index contributed by atoms with van der Waals surface area (Å²) in [6, 6.07) is 5.61. The molecule has 0 saturated heterocycles. The van der Waals surface area contributed by atoms with Crippen LogP contribution in [0.15, 0.2) is 23.2 Å². The zero-order chi connectivity index (χ0) is 19.2. The molecule has 7 nitrogen and oxygen atoms in total. The Morgan fingerprint density at radius 1 is 1.08 bits per heavy atom. The highest BCUT2D eigenvalue weighted by atomic mass is 16.5. The fourth-order valence-corrected chi connectivity index (χ4v) is 2.42. The summed E-state index contributed by atoms with van der Waals surface area (Å²) >= 11 is 0. The molecule has 0 saturated carbocycles. The van der Waals surface area contributed by atoms with E-state index in [2.05, 4.69) is 15.6 Å². The number of guanidine groups is 1. The van der Waals surface area contributed by atoms with Gasteiger partial charge in [-0.05, 0) is 31.9 Å². The van der Waals surface area contributed by atoms with Crippen molar-refractivity contribution in [1.82, 2.24) is 5.32 Å². The van der Waals surface area contributed by atoms with Crippen molar-refractivity contribution in [1.29, 1.82) is 0 Å². The smallest absolute Gasteiger partial charge is 0.305 e. The van der Waals surface area contributed by atoms with E-state index < -0.39 is 0 Å². The van der Waals surface area contributed by atoms with Crippen LogP contribution in [-0.2, 0) is 9.53 Å². The van der Waals surface area contributed by atoms with E-state index in [1.807, 2.05) is 25.1 Å². The number of esters is 1. The summed E-state index contributed by atoms with van der Waals surface area (Å²) in [6.45, 7) is 3.09. The van der Waals surface area contributed by atoms with Gasteiger partial charge in [-0.25, -0.2) is 0 Å². The third kappa shape index (κ3) is 8.09. The minimum Gasteiger partial charge on any atom is -0.493 e. The van der Waals surface area contributed by atoms with Crippen LogP contribution in [0.4, 0.5) is 5.69 Å². The van der Waals surface area contributed by atoms with Crippen LogP contribution in [0, 0.1) is 0 Å². The summed E-state index contributed by atoms with van der Waals surface area (Å²) in [6.07, 6.45) is 4.46. The molecular weight excluding hydrogens is 334 g/mol. The van der Waals surface area contributed by atoms with Crippen LogP contribution in [0.3, 0.4) is 0 Å². The highest BCUT2D eigenvalue weighted by molar-refractivity contribution is 5.93. The molecule has 0 aliphatic rings. The normalized spacial score (nSPS) is 11.0. The molecule has 26 heavy (non-hydrogen) atoms. The zero-order valence-corrected chi connectivity index (χ0v) is 16.3. The molecule has 0 spiro atoms. The fourth-order valence-electron chi connectivity index (χ4n) is 2.42. The number of carbonyl (C=O) groups is 1. The molecule has 0 amide bonds. The molecule has 1 rings (SSSR count). The van der Waals surface area contributed by atoms with Crippen LogP contribution in [0.5, 0.6) is 11.5 Å². The van der Waals surface area contributed by atoms with Crippen LogP contribution in [0.1, 0.15) is 39.0 Å². The standard InChI is InChI=1S/C19H31N3O4/c1-5-26-18(23)10-8-6-7-9-13-21-19(20-2)22-15-11-12-16(24-3)17(14-15)25-4/h11-12,14H,5-10,13H2,1-4H3,(H2,20,21,22). The lowest BCUT2D eigenvalue weighted by molar-refractivity contribution is -0.143. The maximum Gasteiger partial charge on any atom is 0.305 e. The van der Waals surface area contributed by atoms with Gasteiger partial charge >= 0.3 is 5.97 Å². The van der Waals surface area contributed by atoms with Gasteiger partial charge in [-0.3, -0.25) is 9.79 Å². The van der Waals surface area contributed by atoms with Crippen molar-refractivity contribution in [3.63, 3.8) is 0 Å². The predicted octanol–water partition coefficient (Wildman–Crippen LogP) is 3.20. The fraction of sp³-hybridized carbons (Fsp3) is 0.579. The number of unbranched alkanes of at least 4 members (excludes halogenated alkanes) is 3. The summed E-state index contributed by atoms with van der Waals surface area (Å²) in [5.41, 5.74) is 0.866. The van der Waals surface area contributed by atoms with E-state index in [0.29, 0.717) is 30.5 Å². The van der Waals surface area contributed by atoms with Gasteiger partial charge in [0.05, 0.1) is 20.8 Å². The lowest BCUT2D eigenvalue weighted by Crippen LogP contribution is -2.31. The van der Waals surface area contributed by atoms with Crippen LogP contribution >= 0.6 is 0 Å². The van der Waals surface area contributed by atoms with Crippen LogP contribution in [0.2, 0.25) is 0 Å². The molecule has 1 aromatic rings. The molecule has 0 aliphatic carbocycles. The Bertz CT molecular complexity index is 576. The lowest BCUT2D eigenvalue weighted by Gasteiger charge is -2.14. The number of methoxy groups -OCH3 is 2. The first kappa shape index (κ1) is 21.6. The minimum absolute atomic E-state index is 0.106. The van der Waals surface area contributed by atoms with Crippen LogP contribution < -0.4 is 20.1 Å². The number of carbonyl (C=O) groups excluding carboxylic acids is 1. The zero-order valence-electron chi connectivity index (χ0n) is 16.3. The van der Waals surface area contributed by atoms with Crippen molar-refractivity contribution >= 4 is 17.6 Å². The molecule has 7 heteroatoms. The van der Waals surface area contributed by atoms with E-state index in [1.165, 1.54) is 0 Å². The van der Waals surface area contributed by atoms with E-state index in [-0.39, 0.29) is 5.97 Å². The van der Waals surface area contributed by atoms with Gasteiger partial charge in [-0.1, -0.05) is 12.8 Å². The molecule has 0 heterocycles. The molecular formula is C19H31N3O4. The van der Waals surface area contributed by atoms with Crippen molar-refractivity contribution in [3.8, 4) is 11.5 Å². The first-order valence-corrected chi connectivity index (χ1v) is 8.99. The summed E-state index contributed by atoms with van der Waals surface area (Å²) in [4.78, 5) is 15.5. The van der Waals surface area contributed by atoms with E-state index in [1.54, 1.807) is 21.3 Å². The molecule has 146 valence electrons. The largest absolute Gasteiger partial charge is 0.493 e. The molecule has 0 atom stereocenters. The maximum atomic E-state index is 11.2. The molecule has 2 N–H and O–H groups in total. The third-order valence-electron chi connectivity index (χ3n) is 3.78. The number of benzene rings is 1. The molecule has 1 aromatic carbocycles. The summed E-state index contributed by atoms with van der Waals surface area (Å²) in [5.74, 6) is 1.94. The third-order valence-corrected chi connectivity index (χ3v) is 3.78. The van der Waals surface area contributed by atoms with Gasteiger partial charge in [-0.2, -0.15) is 0 Å². The molecule has 0 aromatic heterocycles. The highest BCUT2D eigenvalue weighted by Gasteiger charge is 2.06. The Kier molecular flexibility index (Phi) is 10.7. The van der Waals surface area contributed by atoms with E-state index in [9.17, 15) is 4.79 Å².